The first kappa shape index (κ1) is 8.04. The van der Waals surface area contributed by atoms with E-state index in [0.29, 0.717) is 32.0 Å². The Hall–Kier alpha value is -1.06. The summed E-state index contributed by atoms with van der Waals surface area (Å²) in [5.41, 5.74) is 0. The van der Waals surface area contributed by atoms with Gasteiger partial charge in [-0.3, -0.25) is 9.59 Å². The standard InChI is InChI=1S/C7H11NO3/c9-5-11-4-6-1-2-7(10)8-3-6/h5-6H,1-4H2,(H,8,10). The first-order valence-electron chi connectivity index (χ1n) is 3.65. The van der Waals surface area contributed by atoms with Gasteiger partial charge in [0.15, 0.2) is 0 Å². The Balaban J connectivity index is 2.16. The van der Waals surface area contributed by atoms with Crippen LogP contribution in [-0.4, -0.2) is 25.5 Å². The normalized spacial score (nSPS) is 24.0. The van der Waals surface area contributed by atoms with Gasteiger partial charge in [0.1, 0.15) is 0 Å². The van der Waals surface area contributed by atoms with E-state index in [1.807, 2.05) is 0 Å². The van der Waals surface area contributed by atoms with Crippen molar-refractivity contribution in [2.24, 2.45) is 5.92 Å². The van der Waals surface area contributed by atoms with E-state index in [1.165, 1.54) is 0 Å². The minimum atomic E-state index is 0.0901. The van der Waals surface area contributed by atoms with E-state index in [2.05, 4.69) is 10.1 Å². The van der Waals surface area contributed by atoms with E-state index in [4.69, 9.17) is 0 Å². The predicted molar refractivity (Wildman–Crippen MR) is 37.7 cm³/mol. The Bertz CT molecular complexity index is 145. The molecule has 11 heavy (non-hydrogen) atoms. The molecule has 0 saturated carbocycles. The van der Waals surface area contributed by atoms with Crippen molar-refractivity contribution in [1.29, 1.82) is 0 Å². The van der Waals surface area contributed by atoms with E-state index in [9.17, 15) is 9.59 Å². The van der Waals surface area contributed by atoms with Crippen LogP contribution in [0.2, 0.25) is 0 Å². The summed E-state index contributed by atoms with van der Waals surface area (Å²) < 4.78 is 4.58. The van der Waals surface area contributed by atoms with Gasteiger partial charge in [0.25, 0.3) is 6.47 Å². The zero-order valence-electron chi connectivity index (χ0n) is 6.21. The molecule has 0 radical (unpaired) electrons. The van der Waals surface area contributed by atoms with Gasteiger partial charge in [-0.05, 0) is 6.42 Å². The fourth-order valence-electron chi connectivity index (χ4n) is 1.10. The van der Waals surface area contributed by atoms with Gasteiger partial charge in [0.05, 0.1) is 6.61 Å². The highest BCUT2D eigenvalue weighted by Crippen LogP contribution is 2.10. The van der Waals surface area contributed by atoms with Gasteiger partial charge in [-0.25, -0.2) is 0 Å². The zero-order valence-corrected chi connectivity index (χ0v) is 6.21. The number of hydrogen-bond donors (Lipinski definition) is 1. The van der Waals surface area contributed by atoms with E-state index in [0.717, 1.165) is 6.42 Å². The molecular weight excluding hydrogens is 146 g/mol. The molecule has 1 heterocycles. The predicted octanol–water partition coefficient (Wildman–Crippen LogP) is -0.314. The molecule has 0 bridgehead atoms. The lowest BCUT2D eigenvalue weighted by Gasteiger charge is -2.20. The Kier molecular flexibility index (Phi) is 2.89. The number of rotatable bonds is 3. The average molecular weight is 157 g/mol. The molecule has 1 saturated heterocycles. The molecule has 1 aliphatic rings. The van der Waals surface area contributed by atoms with E-state index in [1.54, 1.807) is 0 Å². The monoisotopic (exact) mass is 157 g/mol. The van der Waals surface area contributed by atoms with Crippen molar-refractivity contribution in [3.05, 3.63) is 0 Å². The Labute approximate surface area is 64.9 Å². The van der Waals surface area contributed by atoms with E-state index >= 15 is 0 Å². The number of carbonyl (C=O) groups excluding carboxylic acids is 2. The summed E-state index contributed by atoms with van der Waals surface area (Å²) in [6.07, 6.45) is 1.37. The molecule has 1 atom stereocenters. The summed E-state index contributed by atoms with van der Waals surface area (Å²) >= 11 is 0. The largest absolute Gasteiger partial charge is 0.468 e. The minimum Gasteiger partial charge on any atom is -0.468 e. The van der Waals surface area contributed by atoms with Crippen molar-refractivity contribution in [1.82, 2.24) is 5.32 Å². The third-order valence-corrected chi connectivity index (χ3v) is 1.77. The molecule has 4 nitrogen and oxygen atoms in total. The fourth-order valence-corrected chi connectivity index (χ4v) is 1.10. The molecule has 0 aliphatic carbocycles. The highest BCUT2D eigenvalue weighted by Gasteiger charge is 2.17. The van der Waals surface area contributed by atoms with Crippen LogP contribution in [0.3, 0.4) is 0 Å². The summed E-state index contributed by atoms with van der Waals surface area (Å²) in [5, 5.41) is 2.71. The lowest BCUT2D eigenvalue weighted by atomic mass is 10.0. The van der Waals surface area contributed by atoms with Crippen molar-refractivity contribution < 1.29 is 14.3 Å². The molecule has 1 rings (SSSR count). The van der Waals surface area contributed by atoms with Crippen molar-refractivity contribution >= 4 is 12.4 Å². The van der Waals surface area contributed by atoms with Crippen LogP contribution in [0.15, 0.2) is 0 Å². The first-order valence-corrected chi connectivity index (χ1v) is 3.65. The molecule has 1 amide bonds. The van der Waals surface area contributed by atoms with Crippen LogP contribution in [0, 0.1) is 5.92 Å². The van der Waals surface area contributed by atoms with Crippen molar-refractivity contribution in [3.8, 4) is 0 Å². The van der Waals surface area contributed by atoms with Crippen LogP contribution in [-0.2, 0) is 14.3 Å². The Morgan fingerprint density at radius 2 is 2.55 bits per heavy atom. The van der Waals surface area contributed by atoms with Crippen LogP contribution < -0.4 is 5.32 Å². The third-order valence-electron chi connectivity index (χ3n) is 1.77. The SMILES string of the molecule is O=COCC1CCC(=O)NC1. The molecule has 1 aliphatic heterocycles. The summed E-state index contributed by atoms with van der Waals surface area (Å²) in [6.45, 7) is 1.49. The van der Waals surface area contributed by atoms with Gasteiger partial charge in [0.2, 0.25) is 5.91 Å². The molecule has 0 aromatic rings. The van der Waals surface area contributed by atoms with Crippen LogP contribution in [0.5, 0.6) is 0 Å². The smallest absolute Gasteiger partial charge is 0.293 e. The second-order valence-corrected chi connectivity index (χ2v) is 2.64. The molecule has 62 valence electrons. The van der Waals surface area contributed by atoms with Crippen molar-refractivity contribution in [3.63, 3.8) is 0 Å². The molecule has 1 unspecified atom stereocenters. The fraction of sp³-hybridized carbons (Fsp3) is 0.714. The lowest BCUT2D eigenvalue weighted by Crippen LogP contribution is -2.36. The second kappa shape index (κ2) is 3.95. The molecule has 0 aromatic heterocycles. The number of piperidine rings is 1. The third kappa shape index (κ3) is 2.57. The minimum absolute atomic E-state index is 0.0901. The Morgan fingerprint density at radius 3 is 3.09 bits per heavy atom. The molecule has 0 spiro atoms. The Morgan fingerprint density at radius 1 is 1.73 bits per heavy atom. The molecule has 1 fully saturated rings. The maximum Gasteiger partial charge on any atom is 0.293 e. The van der Waals surface area contributed by atoms with Crippen LogP contribution in [0.1, 0.15) is 12.8 Å². The number of amides is 1. The highest BCUT2D eigenvalue weighted by molar-refractivity contribution is 5.76. The quantitative estimate of drug-likeness (QED) is 0.571. The highest BCUT2D eigenvalue weighted by atomic mass is 16.5. The first-order chi connectivity index (χ1) is 5.33. The number of hydrogen-bond acceptors (Lipinski definition) is 3. The summed E-state index contributed by atoms with van der Waals surface area (Å²) in [7, 11) is 0. The van der Waals surface area contributed by atoms with Gasteiger partial charge < -0.3 is 10.1 Å². The average Bonchev–Trinajstić information content (AvgIpc) is 2.04. The number of carbonyl (C=O) groups is 2. The van der Waals surface area contributed by atoms with Crippen molar-refractivity contribution in [2.45, 2.75) is 12.8 Å². The van der Waals surface area contributed by atoms with Crippen LogP contribution in [0.4, 0.5) is 0 Å². The molecular formula is C7H11NO3. The maximum atomic E-state index is 10.7. The lowest BCUT2D eigenvalue weighted by molar-refractivity contribution is -0.130. The molecule has 1 N–H and O–H groups in total. The maximum absolute atomic E-state index is 10.7. The second-order valence-electron chi connectivity index (χ2n) is 2.64. The van der Waals surface area contributed by atoms with Crippen molar-refractivity contribution in [2.75, 3.05) is 13.2 Å². The molecule has 0 aromatic carbocycles. The number of ether oxygens (including phenoxy) is 1. The van der Waals surface area contributed by atoms with Crippen LogP contribution in [0.25, 0.3) is 0 Å². The van der Waals surface area contributed by atoms with Crippen LogP contribution >= 0.6 is 0 Å². The van der Waals surface area contributed by atoms with Gasteiger partial charge in [0, 0.05) is 18.9 Å². The van der Waals surface area contributed by atoms with E-state index < -0.39 is 0 Å². The topological polar surface area (TPSA) is 55.4 Å². The summed E-state index contributed by atoms with van der Waals surface area (Å²) in [6, 6.07) is 0. The van der Waals surface area contributed by atoms with Gasteiger partial charge in [-0.2, -0.15) is 0 Å². The van der Waals surface area contributed by atoms with Gasteiger partial charge in [-0.15, -0.1) is 0 Å². The zero-order chi connectivity index (χ0) is 8.10. The van der Waals surface area contributed by atoms with Gasteiger partial charge >= 0.3 is 0 Å². The summed E-state index contributed by atoms with van der Waals surface area (Å²) in [4.78, 5) is 20.5. The summed E-state index contributed by atoms with van der Waals surface area (Å²) in [5.74, 6) is 0.394. The number of nitrogens with one attached hydrogen (secondary N) is 1. The van der Waals surface area contributed by atoms with Gasteiger partial charge in [-0.1, -0.05) is 0 Å². The molecule has 4 heteroatoms. The van der Waals surface area contributed by atoms with E-state index in [-0.39, 0.29) is 5.91 Å².